The van der Waals surface area contributed by atoms with E-state index in [-0.39, 0.29) is 30.4 Å². The van der Waals surface area contributed by atoms with Crippen LogP contribution in [0.2, 0.25) is 0 Å². The second-order valence-corrected chi connectivity index (χ2v) is 5.12. The number of piperazine rings is 1. The number of nitrogens with zero attached hydrogens (tertiary/aromatic N) is 1. The van der Waals surface area contributed by atoms with Gasteiger partial charge in [0.2, 0.25) is 0 Å². The van der Waals surface area contributed by atoms with Gasteiger partial charge in [0, 0.05) is 44.4 Å². The van der Waals surface area contributed by atoms with Gasteiger partial charge < -0.3 is 10.1 Å². The van der Waals surface area contributed by atoms with E-state index >= 15 is 0 Å². The molecule has 0 aliphatic carbocycles. The maximum atomic E-state index is 5.40. The maximum Gasteiger partial charge on any atom is 0.0480 e. The van der Waals surface area contributed by atoms with Gasteiger partial charge in [0.1, 0.15) is 0 Å². The fourth-order valence-electron chi connectivity index (χ4n) is 2.54. The summed E-state index contributed by atoms with van der Waals surface area (Å²) in [4.78, 5) is 2.64. The highest BCUT2D eigenvalue weighted by Crippen LogP contribution is 2.19. The normalized spacial score (nSPS) is 26.6. The van der Waals surface area contributed by atoms with Crippen molar-refractivity contribution in [1.82, 2.24) is 10.2 Å². The van der Waals surface area contributed by atoms with Crippen molar-refractivity contribution in [3.8, 4) is 0 Å². The van der Waals surface area contributed by atoms with Gasteiger partial charge in [0.15, 0.2) is 0 Å². The van der Waals surface area contributed by atoms with Crippen LogP contribution in [0.3, 0.4) is 0 Å². The lowest BCUT2D eigenvalue weighted by molar-refractivity contribution is 0.0148. The van der Waals surface area contributed by atoms with Gasteiger partial charge >= 0.3 is 0 Å². The third-order valence-corrected chi connectivity index (χ3v) is 3.31. The molecule has 1 N–H and O–H groups in total. The Bertz CT molecular complexity index is 196. The van der Waals surface area contributed by atoms with Crippen molar-refractivity contribution in [3.63, 3.8) is 0 Å². The summed E-state index contributed by atoms with van der Waals surface area (Å²) >= 11 is 0. The second kappa shape index (κ2) is 7.02. The van der Waals surface area contributed by atoms with Gasteiger partial charge in [0.05, 0.1) is 0 Å². The first-order valence-corrected chi connectivity index (χ1v) is 5.74. The molecule has 2 heterocycles. The van der Waals surface area contributed by atoms with Gasteiger partial charge in [-0.25, -0.2) is 0 Å². The zero-order valence-electron chi connectivity index (χ0n) is 10.2. The van der Waals surface area contributed by atoms with Crippen molar-refractivity contribution >= 4 is 24.8 Å². The molecule has 5 heteroatoms. The molecular formula is C11H24Cl2N2O. The summed E-state index contributed by atoms with van der Waals surface area (Å²) in [5.74, 6) is 0. The Kier molecular flexibility index (Phi) is 7.22. The number of hydrogen-bond donors (Lipinski definition) is 1. The Morgan fingerprint density at radius 1 is 1.19 bits per heavy atom. The fraction of sp³-hybridized carbons (Fsp3) is 1.00. The van der Waals surface area contributed by atoms with Crippen molar-refractivity contribution < 1.29 is 4.74 Å². The third-order valence-electron chi connectivity index (χ3n) is 3.31. The Morgan fingerprint density at radius 3 is 2.38 bits per heavy atom. The van der Waals surface area contributed by atoms with Gasteiger partial charge in [-0.1, -0.05) is 0 Å². The molecule has 98 valence electrons. The Balaban J connectivity index is 0.00000112. The molecule has 0 spiro atoms. The first kappa shape index (κ1) is 16.5. The molecule has 2 aliphatic heterocycles. The molecule has 0 aromatic carbocycles. The van der Waals surface area contributed by atoms with Crippen LogP contribution in [-0.4, -0.2) is 49.3 Å². The van der Waals surface area contributed by atoms with Gasteiger partial charge in [0.25, 0.3) is 0 Å². The minimum Gasteiger partial charge on any atom is -0.381 e. The molecule has 2 rings (SSSR count). The molecule has 0 aromatic rings. The molecule has 2 fully saturated rings. The van der Waals surface area contributed by atoms with Crippen LogP contribution in [0.25, 0.3) is 0 Å². The molecule has 3 nitrogen and oxygen atoms in total. The first-order valence-electron chi connectivity index (χ1n) is 5.74. The standard InChI is InChI=1S/C11H22N2O.2ClH/c1-11(2)9-13(6-5-12-11)10-3-7-14-8-4-10;;/h10,12H,3-9H2,1-2H3;2*1H. The lowest BCUT2D eigenvalue weighted by Gasteiger charge is -2.44. The van der Waals surface area contributed by atoms with Gasteiger partial charge in [-0.05, 0) is 26.7 Å². The number of halogens is 2. The highest BCUT2D eigenvalue weighted by molar-refractivity contribution is 5.85. The molecule has 0 radical (unpaired) electrons. The van der Waals surface area contributed by atoms with Gasteiger partial charge in [-0.2, -0.15) is 0 Å². The predicted octanol–water partition coefficient (Wildman–Crippen LogP) is 1.69. The highest BCUT2D eigenvalue weighted by Gasteiger charge is 2.30. The molecule has 2 aliphatic rings. The highest BCUT2D eigenvalue weighted by atomic mass is 35.5. The van der Waals surface area contributed by atoms with E-state index in [0.717, 1.165) is 25.8 Å². The van der Waals surface area contributed by atoms with E-state index in [9.17, 15) is 0 Å². The Hall–Kier alpha value is 0.460. The lowest BCUT2D eigenvalue weighted by atomic mass is 9.98. The summed E-state index contributed by atoms with van der Waals surface area (Å²) in [7, 11) is 0. The van der Waals surface area contributed by atoms with Crippen molar-refractivity contribution in [1.29, 1.82) is 0 Å². The average molecular weight is 271 g/mol. The van der Waals surface area contributed by atoms with Crippen LogP contribution in [0.15, 0.2) is 0 Å². The van der Waals surface area contributed by atoms with E-state index in [2.05, 4.69) is 24.1 Å². The molecule has 2 saturated heterocycles. The molecule has 0 aromatic heterocycles. The van der Waals surface area contributed by atoms with Gasteiger partial charge in [-0.3, -0.25) is 4.90 Å². The van der Waals surface area contributed by atoms with E-state index in [1.165, 1.54) is 25.9 Å². The summed E-state index contributed by atoms with van der Waals surface area (Å²) in [6.45, 7) is 10.00. The number of hydrogen-bond acceptors (Lipinski definition) is 3. The van der Waals surface area contributed by atoms with Crippen LogP contribution in [0.4, 0.5) is 0 Å². The molecule has 0 amide bonds. The fourth-order valence-corrected chi connectivity index (χ4v) is 2.54. The molecule has 0 saturated carbocycles. The van der Waals surface area contributed by atoms with Crippen LogP contribution in [-0.2, 0) is 4.74 Å². The first-order chi connectivity index (χ1) is 6.67. The van der Waals surface area contributed by atoms with E-state index in [0.29, 0.717) is 0 Å². The van der Waals surface area contributed by atoms with Crippen molar-refractivity contribution in [3.05, 3.63) is 0 Å². The Morgan fingerprint density at radius 2 is 1.81 bits per heavy atom. The van der Waals surface area contributed by atoms with Crippen LogP contribution >= 0.6 is 24.8 Å². The van der Waals surface area contributed by atoms with E-state index in [4.69, 9.17) is 4.74 Å². The van der Waals surface area contributed by atoms with E-state index < -0.39 is 0 Å². The molecule has 0 bridgehead atoms. The van der Waals surface area contributed by atoms with Crippen LogP contribution in [0.1, 0.15) is 26.7 Å². The van der Waals surface area contributed by atoms with Crippen LogP contribution in [0, 0.1) is 0 Å². The number of rotatable bonds is 1. The second-order valence-electron chi connectivity index (χ2n) is 5.12. The lowest BCUT2D eigenvalue weighted by Crippen LogP contribution is -2.59. The summed E-state index contributed by atoms with van der Waals surface area (Å²) in [5, 5.41) is 3.55. The third kappa shape index (κ3) is 4.38. The summed E-state index contributed by atoms with van der Waals surface area (Å²) in [6, 6.07) is 0.769. The number of nitrogens with one attached hydrogen (secondary N) is 1. The zero-order valence-corrected chi connectivity index (χ0v) is 11.8. The quantitative estimate of drug-likeness (QED) is 0.785. The summed E-state index contributed by atoms with van der Waals surface area (Å²) in [6.07, 6.45) is 2.44. The molecule has 16 heavy (non-hydrogen) atoms. The number of ether oxygens (including phenoxy) is 1. The summed E-state index contributed by atoms with van der Waals surface area (Å²) in [5.41, 5.74) is 0.288. The average Bonchev–Trinajstić information content (AvgIpc) is 2.18. The largest absolute Gasteiger partial charge is 0.381 e. The SMILES string of the molecule is CC1(C)CN(C2CCOCC2)CCN1.Cl.Cl. The monoisotopic (exact) mass is 270 g/mol. The van der Waals surface area contributed by atoms with Crippen molar-refractivity contribution in [2.24, 2.45) is 0 Å². The van der Waals surface area contributed by atoms with E-state index in [1.807, 2.05) is 0 Å². The van der Waals surface area contributed by atoms with Crippen molar-refractivity contribution in [2.45, 2.75) is 38.3 Å². The van der Waals surface area contributed by atoms with Crippen LogP contribution in [0.5, 0.6) is 0 Å². The van der Waals surface area contributed by atoms with Gasteiger partial charge in [-0.15, -0.1) is 24.8 Å². The Labute approximate surface area is 111 Å². The minimum atomic E-state index is 0. The maximum absolute atomic E-state index is 5.40. The van der Waals surface area contributed by atoms with E-state index in [1.54, 1.807) is 0 Å². The molecule has 0 unspecified atom stereocenters. The molecular weight excluding hydrogens is 247 g/mol. The van der Waals surface area contributed by atoms with Crippen molar-refractivity contribution in [2.75, 3.05) is 32.8 Å². The predicted molar refractivity (Wildman–Crippen MR) is 72.0 cm³/mol. The zero-order chi connectivity index (χ0) is 10.0. The summed E-state index contributed by atoms with van der Waals surface area (Å²) < 4.78 is 5.40. The molecule has 0 atom stereocenters. The topological polar surface area (TPSA) is 24.5 Å². The van der Waals surface area contributed by atoms with Crippen LogP contribution < -0.4 is 5.32 Å². The minimum absolute atomic E-state index is 0. The smallest absolute Gasteiger partial charge is 0.0480 e.